The zero-order chi connectivity index (χ0) is 26.0. The average molecular weight is 501 g/mol. The first kappa shape index (κ1) is 25.3. The van der Waals surface area contributed by atoms with Crippen molar-refractivity contribution in [3.05, 3.63) is 59.3 Å². The summed E-state index contributed by atoms with van der Waals surface area (Å²) in [6.07, 6.45) is 7.15. The molecule has 1 amide bonds. The first-order chi connectivity index (χ1) is 17.8. The molecular weight excluding hydrogens is 464 g/mol. The highest BCUT2D eigenvalue weighted by Gasteiger charge is 2.50. The van der Waals surface area contributed by atoms with Crippen LogP contribution in [0.15, 0.2) is 42.6 Å². The summed E-state index contributed by atoms with van der Waals surface area (Å²) in [7, 11) is 0. The molecule has 1 atom stereocenters. The minimum Gasteiger partial charge on any atom is -0.490 e. The average Bonchev–Trinajstić information content (AvgIpc) is 3.60. The van der Waals surface area contributed by atoms with Crippen molar-refractivity contribution >= 4 is 22.5 Å². The highest BCUT2D eigenvalue weighted by atomic mass is 16.5. The number of nitriles is 1. The lowest BCUT2D eigenvalue weighted by atomic mass is 9.79. The number of aryl methyl sites for hydroxylation is 1. The van der Waals surface area contributed by atoms with Gasteiger partial charge in [0.1, 0.15) is 18.5 Å². The van der Waals surface area contributed by atoms with E-state index in [2.05, 4.69) is 47.7 Å². The molecule has 1 aliphatic heterocycles. The number of amides is 1. The molecule has 7 heteroatoms. The van der Waals surface area contributed by atoms with E-state index in [9.17, 15) is 9.90 Å². The molecule has 37 heavy (non-hydrogen) atoms. The number of rotatable bonds is 10. The van der Waals surface area contributed by atoms with Crippen LogP contribution in [-0.4, -0.2) is 40.8 Å². The third kappa shape index (κ3) is 4.96. The van der Waals surface area contributed by atoms with Crippen molar-refractivity contribution in [2.24, 2.45) is 0 Å². The largest absolute Gasteiger partial charge is 0.490 e. The highest BCUT2D eigenvalue weighted by molar-refractivity contribution is 6.07. The second-order valence-electron chi connectivity index (χ2n) is 11.1. The number of carbonyl (C=O) groups is 1. The van der Waals surface area contributed by atoms with Gasteiger partial charge in [0.2, 0.25) is 5.91 Å². The first-order valence-electron chi connectivity index (χ1n) is 13.3. The van der Waals surface area contributed by atoms with Gasteiger partial charge in [0.25, 0.3) is 0 Å². The van der Waals surface area contributed by atoms with Crippen LogP contribution >= 0.6 is 0 Å². The number of aromatic nitrogens is 1. The number of carbonyl (C=O) groups excluding carboxylic acids is 1. The van der Waals surface area contributed by atoms with Crippen LogP contribution in [0.4, 0.5) is 5.69 Å². The molecule has 1 aliphatic carbocycles. The Morgan fingerprint density at radius 2 is 1.97 bits per heavy atom. The number of fused-ring (bicyclic) bond motifs is 3. The molecule has 2 aromatic carbocycles. The van der Waals surface area contributed by atoms with Gasteiger partial charge in [-0.1, -0.05) is 37.1 Å². The molecule has 1 unspecified atom stereocenters. The molecule has 1 fully saturated rings. The smallest absolute Gasteiger partial charge is 0.235 e. The van der Waals surface area contributed by atoms with Crippen LogP contribution < -0.4 is 15.4 Å². The molecule has 0 saturated heterocycles. The number of benzene rings is 2. The number of aliphatic hydroxyl groups excluding tert-OH is 1. The molecule has 7 nitrogen and oxygen atoms in total. The maximum Gasteiger partial charge on any atom is 0.235 e. The van der Waals surface area contributed by atoms with Gasteiger partial charge < -0.3 is 25.5 Å². The number of ether oxygens (including phenoxy) is 1. The zero-order valence-corrected chi connectivity index (χ0v) is 21.7. The number of anilines is 1. The highest BCUT2D eigenvalue weighted by Crippen LogP contribution is 2.52. The molecule has 2 heterocycles. The Labute approximate surface area is 218 Å². The lowest BCUT2D eigenvalue weighted by Gasteiger charge is -2.28. The summed E-state index contributed by atoms with van der Waals surface area (Å²) in [4.78, 5) is 16.2. The van der Waals surface area contributed by atoms with Crippen LogP contribution in [0.2, 0.25) is 0 Å². The molecule has 194 valence electrons. The van der Waals surface area contributed by atoms with Gasteiger partial charge in [0.05, 0.1) is 11.5 Å². The quantitative estimate of drug-likeness (QED) is 0.321. The second kappa shape index (κ2) is 10.2. The fourth-order valence-corrected chi connectivity index (χ4v) is 6.06. The molecule has 4 N–H and O–H groups in total. The molecular formula is C30H36N4O3. The Balaban J connectivity index is 1.20. The molecule has 5 rings (SSSR count). The molecule has 3 aromatic rings. The number of hydrogen-bond acceptors (Lipinski definition) is 5. The Morgan fingerprint density at radius 1 is 1.19 bits per heavy atom. The van der Waals surface area contributed by atoms with Crippen molar-refractivity contribution in [3.8, 4) is 11.8 Å². The fraction of sp³-hybridized carbons (Fsp3) is 0.467. The number of nitrogens with zero attached hydrogens (tertiary/aromatic N) is 1. The topological polar surface area (TPSA) is 110 Å². The van der Waals surface area contributed by atoms with Crippen molar-refractivity contribution < 1.29 is 14.6 Å². The van der Waals surface area contributed by atoms with Crippen molar-refractivity contribution in [2.75, 3.05) is 18.5 Å². The van der Waals surface area contributed by atoms with E-state index in [0.717, 1.165) is 60.9 Å². The fourth-order valence-electron chi connectivity index (χ4n) is 6.06. The van der Waals surface area contributed by atoms with Crippen LogP contribution in [0.25, 0.3) is 10.9 Å². The maximum absolute atomic E-state index is 12.8. The van der Waals surface area contributed by atoms with E-state index in [4.69, 9.17) is 10.00 Å². The summed E-state index contributed by atoms with van der Waals surface area (Å²) in [5.74, 6) is 0.775. The van der Waals surface area contributed by atoms with E-state index < -0.39 is 11.5 Å². The molecule has 2 aliphatic rings. The number of para-hydroxylation sites is 1. The first-order valence-corrected chi connectivity index (χ1v) is 13.3. The summed E-state index contributed by atoms with van der Waals surface area (Å²) in [6.45, 7) is 4.80. The summed E-state index contributed by atoms with van der Waals surface area (Å²) < 4.78 is 6.11. The summed E-state index contributed by atoms with van der Waals surface area (Å²) in [5.41, 5.74) is 4.53. The molecule has 0 radical (unpaired) electrons. The SMILES string of the molecule is CC(C)(Cc1c[nH]c2c(CCC#N)cccc12)NCC(O)COc1cccc2c1C1(CCCC1)C(=O)N2. The Bertz CT molecular complexity index is 1330. The van der Waals surface area contributed by atoms with E-state index in [-0.39, 0.29) is 18.1 Å². The number of β-amino-alcohol motifs (C(OH)–C–C–N with tert-alkyl or cyclic N) is 1. The van der Waals surface area contributed by atoms with Crippen molar-refractivity contribution in [1.82, 2.24) is 10.3 Å². The lowest BCUT2D eigenvalue weighted by Crippen LogP contribution is -2.46. The standard InChI is InChI=1S/C30H36N4O3/c1-29(2,16-21-17-32-27-20(9-7-15-31)8-5-10-23(21)27)33-18-22(35)19-37-25-12-6-11-24-26(25)30(28(36)34-24)13-3-4-14-30/h5-6,8,10-12,17,22,32-33,35H,3-4,7,9,13-14,16,18-19H2,1-2H3,(H,34,36). The summed E-state index contributed by atoms with van der Waals surface area (Å²) >= 11 is 0. The predicted molar refractivity (Wildman–Crippen MR) is 145 cm³/mol. The van der Waals surface area contributed by atoms with Gasteiger partial charge in [-0.3, -0.25) is 4.79 Å². The van der Waals surface area contributed by atoms with Crippen molar-refractivity contribution in [2.45, 2.75) is 75.9 Å². The second-order valence-corrected chi connectivity index (χ2v) is 11.1. The van der Waals surface area contributed by atoms with Crippen molar-refractivity contribution in [3.63, 3.8) is 0 Å². The third-order valence-corrected chi connectivity index (χ3v) is 7.92. The number of H-pyrrole nitrogens is 1. The molecule has 1 saturated carbocycles. The van der Waals surface area contributed by atoms with Gasteiger partial charge in [0, 0.05) is 46.9 Å². The van der Waals surface area contributed by atoms with E-state index in [0.29, 0.717) is 18.7 Å². The molecule has 1 spiro atoms. The Hall–Kier alpha value is -3.34. The number of aliphatic hydroxyl groups is 1. The van der Waals surface area contributed by atoms with Crippen LogP contribution in [-0.2, 0) is 23.1 Å². The lowest BCUT2D eigenvalue weighted by molar-refractivity contribution is -0.120. The summed E-state index contributed by atoms with van der Waals surface area (Å²) in [5, 5.41) is 27.4. The zero-order valence-electron chi connectivity index (χ0n) is 21.7. The van der Waals surface area contributed by atoms with Gasteiger partial charge in [-0.25, -0.2) is 0 Å². The van der Waals surface area contributed by atoms with Gasteiger partial charge in [0.15, 0.2) is 0 Å². The number of aromatic amines is 1. The third-order valence-electron chi connectivity index (χ3n) is 7.92. The van der Waals surface area contributed by atoms with Gasteiger partial charge in [-0.2, -0.15) is 5.26 Å². The Morgan fingerprint density at radius 3 is 2.76 bits per heavy atom. The summed E-state index contributed by atoms with van der Waals surface area (Å²) in [6, 6.07) is 14.2. The molecule has 1 aromatic heterocycles. The van der Waals surface area contributed by atoms with E-state index >= 15 is 0 Å². The predicted octanol–water partition coefficient (Wildman–Crippen LogP) is 4.74. The maximum atomic E-state index is 12.8. The van der Waals surface area contributed by atoms with Crippen molar-refractivity contribution in [1.29, 1.82) is 5.26 Å². The van der Waals surface area contributed by atoms with Crippen LogP contribution in [0, 0.1) is 11.3 Å². The van der Waals surface area contributed by atoms with Gasteiger partial charge >= 0.3 is 0 Å². The molecule has 0 bridgehead atoms. The van der Waals surface area contributed by atoms with E-state index in [1.807, 2.05) is 30.5 Å². The van der Waals surface area contributed by atoms with Gasteiger partial charge in [-0.05, 0) is 62.8 Å². The minimum atomic E-state index is -0.694. The van der Waals surface area contributed by atoms with E-state index in [1.54, 1.807) is 0 Å². The Kier molecular flexibility index (Phi) is 6.98. The van der Waals surface area contributed by atoms with Crippen LogP contribution in [0.3, 0.4) is 0 Å². The van der Waals surface area contributed by atoms with Crippen LogP contribution in [0.5, 0.6) is 5.75 Å². The minimum absolute atomic E-state index is 0.0782. The van der Waals surface area contributed by atoms with E-state index in [1.165, 1.54) is 10.9 Å². The van der Waals surface area contributed by atoms with Gasteiger partial charge in [-0.15, -0.1) is 0 Å². The monoisotopic (exact) mass is 500 g/mol. The number of hydrogen-bond donors (Lipinski definition) is 4. The van der Waals surface area contributed by atoms with Crippen LogP contribution in [0.1, 0.15) is 62.6 Å². The normalized spacial score (nSPS) is 17.1. The number of nitrogens with one attached hydrogen (secondary N) is 3.